The molecule has 2 aliphatic heterocycles. The van der Waals surface area contributed by atoms with Gasteiger partial charge in [-0.1, -0.05) is 36.4 Å². The number of amides is 2. The first-order chi connectivity index (χ1) is 15.2. The molecule has 0 bridgehead atoms. The van der Waals surface area contributed by atoms with E-state index in [9.17, 15) is 14.7 Å². The van der Waals surface area contributed by atoms with Gasteiger partial charge in [-0.2, -0.15) is 0 Å². The molecule has 2 atom stereocenters. The molecule has 2 heterocycles. The first kappa shape index (κ1) is 22.3. The third-order valence-corrected chi connectivity index (χ3v) is 6.29. The number of fused-ring (bicyclic) bond motifs is 3. The fourth-order valence-corrected chi connectivity index (χ4v) is 4.80. The standard InChI is InChI=1S/C26H32N2O4/c1-26(2,3)32-25(31)28-15-20-14-27(4)24(30)22-13-19(8-9-21(22)23(20)16-28)18-7-5-6-17(12-18)10-11-29/h5-9,12-13,20,23,29H,10-11,14-16H2,1-4H3. The fourth-order valence-electron chi connectivity index (χ4n) is 4.80. The molecule has 6 heteroatoms. The normalized spacial score (nSPS) is 20.6. The van der Waals surface area contributed by atoms with Crippen LogP contribution in [0.15, 0.2) is 42.5 Å². The summed E-state index contributed by atoms with van der Waals surface area (Å²) in [5, 5.41) is 9.26. The number of aliphatic hydroxyl groups is 1. The molecule has 1 fully saturated rings. The Morgan fingerprint density at radius 3 is 2.56 bits per heavy atom. The van der Waals surface area contributed by atoms with Crippen molar-refractivity contribution in [1.82, 2.24) is 9.80 Å². The third kappa shape index (κ3) is 4.51. The van der Waals surface area contributed by atoms with Crippen LogP contribution in [-0.2, 0) is 11.2 Å². The van der Waals surface area contributed by atoms with Crippen LogP contribution in [0.25, 0.3) is 11.1 Å². The van der Waals surface area contributed by atoms with Crippen LogP contribution < -0.4 is 0 Å². The van der Waals surface area contributed by atoms with Crippen LogP contribution in [-0.4, -0.2) is 65.8 Å². The predicted octanol–water partition coefficient (Wildman–Crippen LogP) is 3.92. The second-order valence-electron chi connectivity index (χ2n) is 9.91. The van der Waals surface area contributed by atoms with Gasteiger partial charge in [0.25, 0.3) is 5.91 Å². The summed E-state index contributed by atoms with van der Waals surface area (Å²) >= 11 is 0. The molecular weight excluding hydrogens is 404 g/mol. The average Bonchev–Trinajstić information content (AvgIpc) is 3.12. The first-order valence-electron chi connectivity index (χ1n) is 11.2. The van der Waals surface area contributed by atoms with Crippen molar-refractivity contribution in [2.24, 2.45) is 5.92 Å². The molecule has 2 aliphatic rings. The van der Waals surface area contributed by atoms with E-state index in [-0.39, 0.29) is 30.4 Å². The molecule has 6 nitrogen and oxygen atoms in total. The second-order valence-corrected chi connectivity index (χ2v) is 9.91. The number of ether oxygens (including phenoxy) is 1. The van der Waals surface area contributed by atoms with Crippen LogP contribution in [0.1, 0.15) is 48.2 Å². The van der Waals surface area contributed by atoms with Gasteiger partial charge in [-0.15, -0.1) is 0 Å². The minimum atomic E-state index is -0.536. The van der Waals surface area contributed by atoms with Crippen molar-refractivity contribution in [3.05, 3.63) is 59.2 Å². The number of rotatable bonds is 3. The molecule has 1 N–H and O–H groups in total. The summed E-state index contributed by atoms with van der Waals surface area (Å²) in [6, 6.07) is 14.1. The van der Waals surface area contributed by atoms with Crippen molar-refractivity contribution >= 4 is 12.0 Å². The molecular formula is C26H32N2O4. The summed E-state index contributed by atoms with van der Waals surface area (Å²) < 4.78 is 5.59. The van der Waals surface area contributed by atoms with Crippen LogP contribution in [0.2, 0.25) is 0 Å². The summed E-state index contributed by atoms with van der Waals surface area (Å²) in [5.74, 6) is 0.296. The largest absolute Gasteiger partial charge is 0.444 e. The molecule has 32 heavy (non-hydrogen) atoms. The highest BCUT2D eigenvalue weighted by atomic mass is 16.6. The van der Waals surface area contributed by atoms with Gasteiger partial charge in [-0.3, -0.25) is 4.79 Å². The van der Waals surface area contributed by atoms with Crippen LogP contribution in [0.3, 0.4) is 0 Å². The lowest BCUT2D eigenvalue weighted by Gasteiger charge is -2.25. The molecule has 2 unspecified atom stereocenters. The van der Waals surface area contributed by atoms with Crippen molar-refractivity contribution in [1.29, 1.82) is 0 Å². The Morgan fingerprint density at radius 1 is 1.09 bits per heavy atom. The SMILES string of the molecule is CN1CC2CN(C(=O)OC(C)(C)C)CC2c2ccc(-c3cccc(CCO)c3)cc2C1=O. The number of hydrogen-bond donors (Lipinski definition) is 1. The molecule has 0 aliphatic carbocycles. The van der Waals surface area contributed by atoms with Crippen LogP contribution in [0, 0.1) is 5.92 Å². The van der Waals surface area contributed by atoms with Crippen LogP contribution in [0.5, 0.6) is 0 Å². The van der Waals surface area contributed by atoms with E-state index in [1.54, 1.807) is 9.80 Å². The van der Waals surface area contributed by atoms with Gasteiger partial charge in [-0.05, 0) is 55.5 Å². The lowest BCUT2D eigenvalue weighted by Crippen LogP contribution is -2.37. The molecule has 0 aromatic heterocycles. The Hall–Kier alpha value is -2.86. The molecule has 170 valence electrons. The van der Waals surface area contributed by atoms with Crippen molar-refractivity contribution in [2.45, 2.75) is 38.7 Å². The zero-order chi connectivity index (χ0) is 23.0. The monoisotopic (exact) mass is 436 g/mol. The number of carbonyl (C=O) groups excluding carboxylic acids is 2. The van der Waals surface area contributed by atoms with E-state index in [4.69, 9.17) is 4.74 Å². The maximum absolute atomic E-state index is 13.2. The molecule has 0 saturated carbocycles. The van der Waals surface area contributed by atoms with Gasteiger partial charge in [0.2, 0.25) is 0 Å². The van der Waals surface area contributed by atoms with E-state index in [1.165, 1.54) is 0 Å². The fraction of sp³-hybridized carbons (Fsp3) is 0.462. The minimum absolute atomic E-state index is 0.0200. The maximum atomic E-state index is 13.2. The Bertz CT molecular complexity index is 1030. The van der Waals surface area contributed by atoms with Gasteiger partial charge in [0.05, 0.1) is 0 Å². The van der Waals surface area contributed by atoms with Crippen molar-refractivity contribution in [3.63, 3.8) is 0 Å². The van der Waals surface area contributed by atoms with Gasteiger partial charge in [-0.25, -0.2) is 4.79 Å². The summed E-state index contributed by atoms with van der Waals surface area (Å²) in [7, 11) is 1.83. The van der Waals surface area contributed by atoms with E-state index in [2.05, 4.69) is 18.2 Å². The summed E-state index contributed by atoms with van der Waals surface area (Å²) in [6.07, 6.45) is 0.309. The molecule has 2 aromatic carbocycles. The minimum Gasteiger partial charge on any atom is -0.444 e. The average molecular weight is 437 g/mol. The highest BCUT2D eigenvalue weighted by Crippen LogP contribution is 2.39. The van der Waals surface area contributed by atoms with Gasteiger partial charge in [0.1, 0.15) is 5.60 Å². The van der Waals surface area contributed by atoms with E-state index < -0.39 is 5.60 Å². The number of carbonyl (C=O) groups is 2. The zero-order valence-corrected chi connectivity index (χ0v) is 19.3. The van der Waals surface area contributed by atoms with E-state index in [0.29, 0.717) is 31.6 Å². The molecule has 4 rings (SSSR count). The second kappa shape index (κ2) is 8.58. The van der Waals surface area contributed by atoms with Gasteiger partial charge in [0.15, 0.2) is 0 Å². The molecule has 0 spiro atoms. The van der Waals surface area contributed by atoms with E-state index in [1.807, 2.05) is 52.1 Å². The van der Waals surface area contributed by atoms with Gasteiger partial charge in [0, 0.05) is 50.7 Å². The highest BCUT2D eigenvalue weighted by molar-refractivity contribution is 5.97. The number of likely N-dealkylation sites (tertiary alicyclic amines) is 1. The summed E-state index contributed by atoms with van der Waals surface area (Å²) in [6.45, 7) is 7.47. The topological polar surface area (TPSA) is 70.1 Å². The number of hydrogen-bond acceptors (Lipinski definition) is 4. The van der Waals surface area contributed by atoms with Crippen LogP contribution in [0.4, 0.5) is 4.79 Å². The Balaban J connectivity index is 1.66. The molecule has 0 radical (unpaired) electrons. The quantitative estimate of drug-likeness (QED) is 0.792. The van der Waals surface area contributed by atoms with Crippen LogP contribution >= 0.6 is 0 Å². The van der Waals surface area contributed by atoms with Gasteiger partial charge >= 0.3 is 6.09 Å². The highest BCUT2D eigenvalue weighted by Gasteiger charge is 2.42. The van der Waals surface area contributed by atoms with Crippen molar-refractivity contribution in [3.8, 4) is 11.1 Å². The number of nitrogens with zero attached hydrogens (tertiary/aromatic N) is 2. The van der Waals surface area contributed by atoms with Crippen molar-refractivity contribution < 1.29 is 19.4 Å². The van der Waals surface area contributed by atoms with Crippen molar-refractivity contribution in [2.75, 3.05) is 33.3 Å². The number of aliphatic hydroxyl groups excluding tert-OH is 1. The Kier molecular flexibility index (Phi) is 5.99. The Labute approximate surface area is 189 Å². The molecule has 1 saturated heterocycles. The lowest BCUT2D eigenvalue weighted by atomic mass is 9.86. The predicted molar refractivity (Wildman–Crippen MR) is 124 cm³/mol. The number of benzene rings is 2. The van der Waals surface area contributed by atoms with E-state index in [0.717, 1.165) is 22.3 Å². The third-order valence-electron chi connectivity index (χ3n) is 6.29. The molecule has 2 amide bonds. The Morgan fingerprint density at radius 2 is 1.84 bits per heavy atom. The summed E-state index contributed by atoms with van der Waals surface area (Å²) in [5.41, 5.74) is 4.24. The van der Waals surface area contributed by atoms with Gasteiger partial charge < -0.3 is 19.6 Å². The maximum Gasteiger partial charge on any atom is 0.410 e. The lowest BCUT2D eigenvalue weighted by molar-refractivity contribution is 0.0284. The summed E-state index contributed by atoms with van der Waals surface area (Å²) in [4.78, 5) is 29.4. The molecule has 2 aromatic rings. The first-order valence-corrected chi connectivity index (χ1v) is 11.2. The smallest absolute Gasteiger partial charge is 0.410 e. The zero-order valence-electron chi connectivity index (χ0n) is 19.3. The van der Waals surface area contributed by atoms with E-state index >= 15 is 0 Å².